The van der Waals surface area contributed by atoms with Gasteiger partial charge in [0.1, 0.15) is 12.5 Å². The summed E-state index contributed by atoms with van der Waals surface area (Å²) in [5, 5.41) is 18.5. The van der Waals surface area contributed by atoms with Gasteiger partial charge >= 0.3 is 0 Å². The van der Waals surface area contributed by atoms with Gasteiger partial charge in [-0.15, -0.1) is 0 Å². The monoisotopic (exact) mass is 569 g/mol. The number of nitrogens with zero attached hydrogens (tertiary/aromatic N) is 2. The van der Waals surface area contributed by atoms with Crippen LogP contribution in [0, 0.1) is 5.92 Å². The Morgan fingerprint density at radius 1 is 0.786 bits per heavy atom. The Bertz CT molecular complexity index is 1440. The number of Topliss-reactive ketones (excluding diaryl/α,β-unsaturated/α-hetero) is 2. The van der Waals surface area contributed by atoms with Gasteiger partial charge in [-0.3, -0.25) is 9.59 Å². The molecule has 0 bridgehead atoms. The van der Waals surface area contributed by atoms with Gasteiger partial charge in [0.05, 0.1) is 11.0 Å². The molecule has 2 N–H and O–H groups in total. The molecule has 222 valence electrons. The van der Waals surface area contributed by atoms with Crippen molar-refractivity contribution in [3.63, 3.8) is 0 Å². The highest BCUT2D eigenvalue weighted by molar-refractivity contribution is 6.41. The first kappa shape index (κ1) is 30.1. The molecule has 0 saturated heterocycles. The quantitative estimate of drug-likeness (QED) is 0.112. The number of para-hydroxylation sites is 2. The van der Waals surface area contributed by atoms with Crippen LogP contribution < -0.4 is 4.90 Å². The van der Waals surface area contributed by atoms with Crippen LogP contribution in [-0.4, -0.2) is 58.4 Å². The van der Waals surface area contributed by atoms with Gasteiger partial charge in [-0.1, -0.05) is 50.2 Å². The third-order valence-electron chi connectivity index (χ3n) is 9.38. The minimum absolute atomic E-state index is 0.112. The smallest absolute Gasteiger partial charge is 0.209 e. The number of hydrogen-bond acceptors (Lipinski definition) is 5. The zero-order valence-electron chi connectivity index (χ0n) is 25.5. The molecule has 2 heterocycles. The molecule has 6 heteroatoms. The maximum atomic E-state index is 13.7. The van der Waals surface area contributed by atoms with Crippen molar-refractivity contribution >= 4 is 28.7 Å². The van der Waals surface area contributed by atoms with Crippen molar-refractivity contribution in [3.8, 4) is 0 Å². The molecule has 2 aromatic carbocycles. The molecule has 0 unspecified atom stereocenters. The molecule has 2 aromatic rings. The second-order valence-corrected chi connectivity index (χ2v) is 12.9. The van der Waals surface area contributed by atoms with Gasteiger partial charge in [-0.05, 0) is 63.7 Å². The van der Waals surface area contributed by atoms with Crippen LogP contribution in [0.3, 0.4) is 0 Å². The van der Waals surface area contributed by atoms with Crippen molar-refractivity contribution in [2.75, 3.05) is 31.2 Å². The maximum Gasteiger partial charge on any atom is 0.209 e. The van der Waals surface area contributed by atoms with Crippen molar-refractivity contribution in [2.24, 2.45) is 5.92 Å². The molecule has 2 aliphatic heterocycles. The summed E-state index contributed by atoms with van der Waals surface area (Å²) in [5.74, 6) is -0.997. The Morgan fingerprint density at radius 3 is 2.10 bits per heavy atom. The van der Waals surface area contributed by atoms with E-state index in [0.717, 1.165) is 74.4 Å². The average Bonchev–Trinajstić information content (AvgIpc) is 3.33. The number of benzene rings is 2. The summed E-state index contributed by atoms with van der Waals surface area (Å²) >= 11 is 0. The van der Waals surface area contributed by atoms with Gasteiger partial charge in [0.25, 0.3) is 0 Å². The third-order valence-corrected chi connectivity index (χ3v) is 9.38. The van der Waals surface area contributed by atoms with Gasteiger partial charge in [-0.25, -0.2) is 0 Å². The van der Waals surface area contributed by atoms with Gasteiger partial charge in [0.2, 0.25) is 5.69 Å². The van der Waals surface area contributed by atoms with Crippen LogP contribution in [0.5, 0.6) is 0 Å². The number of anilines is 1. The Hall–Kier alpha value is -3.35. The van der Waals surface area contributed by atoms with Crippen LogP contribution in [0.25, 0.3) is 0 Å². The lowest BCUT2D eigenvalue weighted by Gasteiger charge is -2.31. The highest BCUT2D eigenvalue weighted by atomic mass is 16.3. The van der Waals surface area contributed by atoms with E-state index in [0.29, 0.717) is 0 Å². The molecule has 3 aliphatic rings. The first-order valence-electron chi connectivity index (χ1n) is 15.5. The van der Waals surface area contributed by atoms with Crippen LogP contribution in [-0.2, 0) is 20.4 Å². The Morgan fingerprint density at radius 2 is 1.40 bits per heavy atom. The molecular weight excluding hydrogens is 524 g/mol. The highest BCUT2D eigenvalue weighted by Gasteiger charge is 2.50. The first-order valence-corrected chi connectivity index (χ1v) is 15.5. The summed E-state index contributed by atoms with van der Waals surface area (Å²) in [5.41, 5.74) is 6.25. The summed E-state index contributed by atoms with van der Waals surface area (Å²) in [7, 11) is 0. The van der Waals surface area contributed by atoms with Crippen molar-refractivity contribution in [3.05, 3.63) is 83.1 Å². The number of aliphatic hydroxyl groups excluding tert-OH is 2. The fourth-order valence-corrected chi connectivity index (χ4v) is 6.93. The molecular formula is C36H45N2O4+. The Balaban J connectivity index is 1.46. The molecule has 0 aromatic heterocycles. The minimum atomic E-state index is -0.773. The summed E-state index contributed by atoms with van der Waals surface area (Å²) in [6.45, 7) is 10.6. The number of allylic oxidation sites excluding steroid dienone is 4. The lowest BCUT2D eigenvalue weighted by molar-refractivity contribution is -0.438. The minimum Gasteiger partial charge on any atom is -0.396 e. The fraction of sp³-hybridized carbons (Fsp3) is 0.472. The molecule has 0 spiro atoms. The van der Waals surface area contributed by atoms with Gasteiger partial charge in [0.15, 0.2) is 17.3 Å². The molecule has 0 radical (unpaired) electrons. The number of unbranched alkanes of at least 4 members (excludes halogenated alkanes) is 4. The van der Waals surface area contributed by atoms with Crippen LogP contribution >= 0.6 is 0 Å². The average molecular weight is 570 g/mol. The topological polar surface area (TPSA) is 80.9 Å². The molecule has 0 amide bonds. The van der Waals surface area contributed by atoms with Gasteiger partial charge in [-0.2, -0.15) is 4.58 Å². The van der Waals surface area contributed by atoms with E-state index in [9.17, 15) is 19.8 Å². The molecule has 42 heavy (non-hydrogen) atoms. The third kappa shape index (κ3) is 5.20. The van der Waals surface area contributed by atoms with E-state index in [2.05, 4.69) is 61.4 Å². The predicted molar refractivity (Wildman–Crippen MR) is 168 cm³/mol. The van der Waals surface area contributed by atoms with E-state index in [1.165, 1.54) is 11.1 Å². The van der Waals surface area contributed by atoms with E-state index in [-0.39, 0.29) is 41.2 Å². The number of ketones is 2. The van der Waals surface area contributed by atoms with Crippen molar-refractivity contribution < 1.29 is 24.4 Å². The molecule has 1 fully saturated rings. The predicted octanol–water partition coefficient (Wildman–Crippen LogP) is 5.76. The number of carbonyl (C=O) groups is 2. The molecule has 0 atom stereocenters. The van der Waals surface area contributed by atoms with Crippen LogP contribution in [0.2, 0.25) is 0 Å². The van der Waals surface area contributed by atoms with Crippen LogP contribution in [0.15, 0.2) is 72.0 Å². The van der Waals surface area contributed by atoms with Crippen molar-refractivity contribution in [1.29, 1.82) is 0 Å². The first-order chi connectivity index (χ1) is 20.1. The summed E-state index contributed by atoms with van der Waals surface area (Å²) < 4.78 is 2.26. The Labute approximate surface area is 250 Å². The van der Waals surface area contributed by atoms with E-state index in [1.54, 1.807) is 0 Å². The zero-order valence-corrected chi connectivity index (χ0v) is 25.5. The largest absolute Gasteiger partial charge is 0.396 e. The molecule has 1 aliphatic carbocycles. The summed E-state index contributed by atoms with van der Waals surface area (Å²) in [6.07, 6.45) is 8.98. The van der Waals surface area contributed by atoms with Gasteiger partial charge in [0, 0.05) is 60.7 Å². The lowest BCUT2D eigenvalue weighted by Crippen LogP contribution is -2.43. The number of rotatable bonds is 12. The van der Waals surface area contributed by atoms with E-state index < -0.39 is 5.92 Å². The van der Waals surface area contributed by atoms with Gasteiger partial charge < -0.3 is 15.1 Å². The van der Waals surface area contributed by atoms with Crippen LogP contribution in [0.4, 0.5) is 11.4 Å². The standard InChI is InChI=1S/C36H45N2O4/c1-35(2)27-15-7-9-17-29(27)37(19-11-5-13-21-39)31(35)23-25-33(41)26(34(25)42)24-32-36(3,4)28-16-8-10-18-30(28)38(32)20-12-6-14-22-40/h7-10,15-18,23-25,39-40H,5-6,11-14,19-22H2,1-4H3/q+1/b26-24?,31-23-. The zero-order chi connectivity index (χ0) is 30.1. The summed E-state index contributed by atoms with van der Waals surface area (Å²) in [4.78, 5) is 29.6. The molecule has 6 nitrogen and oxygen atoms in total. The second kappa shape index (κ2) is 12.1. The fourth-order valence-electron chi connectivity index (χ4n) is 6.93. The number of hydrogen-bond donors (Lipinski definition) is 2. The number of carbonyl (C=O) groups excluding carboxylic acids is 2. The highest BCUT2D eigenvalue weighted by Crippen LogP contribution is 2.49. The van der Waals surface area contributed by atoms with Crippen LogP contribution in [0.1, 0.15) is 77.3 Å². The number of aliphatic hydroxyl groups is 2. The van der Waals surface area contributed by atoms with E-state index >= 15 is 0 Å². The second-order valence-electron chi connectivity index (χ2n) is 12.9. The maximum absolute atomic E-state index is 13.7. The molecule has 5 rings (SSSR count). The lowest BCUT2D eigenvalue weighted by atomic mass is 9.72. The normalized spacial score (nSPS) is 21.2. The number of fused-ring (bicyclic) bond motifs is 2. The summed E-state index contributed by atoms with van der Waals surface area (Å²) in [6, 6.07) is 16.7. The van der Waals surface area contributed by atoms with E-state index in [4.69, 9.17) is 0 Å². The SMILES string of the molecule is CC1(C)C(C=C2C(=O)C(/C=C3\N(CCCCCO)c4ccccc4C3(C)C)C2=O)=[N+](CCCCCO)c2ccccc21. The molecule has 1 saturated carbocycles. The van der Waals surface area contributed by atoms with Crippen molar-refractivity contribution in [1.82, 2.24) is 0 Å². The van der Waals surface area contributed by atoms with E-state index in [1.807, 2.05) is 36.4 Å². The van der Waals surface area contributed by atoms with Crippen molar-refractivity contribution in [2.45, 2.75) is 77.0 Å². The Kier molecular flexibility index (Phi) is 8.68.